The minimum absolute atomic E-state index is 0.295. The van der Waals surface area contributed by atoms with E-state index in [1.54, 1.807) is 60.7 Å². The van der Waals surface area contributed by atoms with Crippen molar-refractivity contribution >= 4 is 62.3 Å². The first-order valence-electron chi connectivity index (χ1n) is 7.86. The van der Waals surface area contributed by atoms with Crippen molar-refractivity contribution in [2.24, 2.45) is 0 Å². The fraction of sp³-hybridized carbons (Fsp3) is 0. The van der Waals surface area contributed by atoms with Crippen LogP contribution in [0.3, 0.4) is 0 Å². The highest BCUT2D eigenvalue weighted by molar-refractivity contribution is 9.10. The Hall–Kier alpha value is -2.34. The number of rotatable bonds is 4. The van der Waals surface area contributed by atoms with Crippen molar-refractivity contribution in [3.63, 3.8) is 0 Å². The van der Waals surface area contributed by atoms with Gasteiger partial charge in [0.15, 0.2) is 0 Å². The molecule has 0 unspecified atom stereocenters. The van der Waals surface area contributed by atoms with Gasteiger partial charge in [0.25, 0.3) is 11.8 Å². The van der Waals surface area contributed by atoms with Gasteiger partial charge in [-0.2, -0.15) is 0 Å². The predicted molar refractivity (Wildman–Crippen MR) is 113 cm³/mol. The van der Waals surface area contributed by atoms with Crippen LogP contribution in [-0.2, 0) is 0 Å². The first-order chi connectivity index (χ1) is 12.9. The van der Waals surface area contributed by atoms with Crippen LogP contribution in [0, 0.1) is 0 Å². The zero-order valence-electron chi connectivity index (χ0n) is 13.8. The molecule has 0 fully saturated rings. The molecule has 7 heteroatoms. The number of hydrogen-bond donors (Lipinski definition) is 2. The summed E-state index contributed by atoms with van der Waals surface area (Å²) >= 11 is 15.6. The van der Waals surface area contributed by atoms with Crippen molar-refractivity contribution in [1.82, 2.24) is 0 Å². The maximum atomic E-state index is 12.5. The second-order valence-electron chi connectivity index (χ2n) is 5.59. The Labute approximate surface area is 174 Å². The molecule has 3 rings (SSSR count). The molecular formula is C20H13BrCl2N2O2. The van der Waals surface area contributed by atoms with Crippen LogP contribution in [0.25, 0.3) is 0 Å². The summed E-state index contributed by atoms with van der Waals surface area (Å²) in [6, 6.07) is 18.6. The molecule has 0 saturated heterocycles. The summed E-state index contributed by atoms with van der Waals surface area (Å²) in [5, 5.41) is 6.19. The van der Waals surface area contributed by atoms with Crippen LogP contribution in [0.5, 0.6) is 0 Å². The summed E-state index contributed by atoms with van der Waals surface area (Å²) in [6.45, 7) is 0. The summed E-state index contributed by atoms with van der Waals surface area (Å²) in [6.07, 6.45) is 0. The Morgan fingerprint density at radius 3 is 2.22 bits per heavy atom. The second kappa shape index (κ2) is 8.57. The van der Waals surface area contributed by atoms with Crippen LogP contribution in [-0.4, -0.2) is 11.8 Å². The number of carbonyl (C=O) groups excluding carboxylic acids is 2. The summed E-state index contributed by atoms with van der Waals surface area (Å²) in [7, 11) is 0. The van der Waals surface area contributed by atoms with Gasteiger partial charge in [-0.15, -0.1) is 0 Å². The Morgan fingerprint density at radius 1 is 0.778 bits per heavy atom. The lowest BCUT2D eigenvalue weighted by Gasteiger charge is -2.11. The Bertz CT molecular complexity index is 1010. The smallest absolute Gasteiger partial charge is 0.257 e. The maximum Gasteiger partial charge on any atom is 0.257 e. The Balaban J connectivity index is 1.80. The molecule has 136 valence electrons. The first kappa shape index (κ1) is 19.4. The number of hydrogen-bond acceptors (Lipinski definition) is 2. The van der Waals surface area contributed by atoms with E-state index in [-0.39, 0.29) is 11.8 Å². The quantitative estimate of drug-likeness (QED) is 0.479. The van der Waals surface area contributed by atoms with Crippen molar-refractivity contribution in [2.45, 2.75) is 0 Å². The van der Waals surface area contributed by atoms with Crippen molar-refractivity contribution in [1.29, 1.82) is 0 Å². The SMILES string of the molecule is O=C(Nc1cc(NC(=O)c2cc(Br)ccc2Cl)ccc1Cl)c1ccccc1. The van der Waals surface area contributed by atoms with E-state index < -0.39 is 0 Å². The van der Waals surface area contributed by atoms with E-state index in [4.69, 9.17) is 23.2 Å². The fourth-order valence-electron chi connectivity index (χ4n) is 2.35. The van der Waals surface area contributed by atoms with Crippen molar-refractivity contribution in [2.75, 3.05) is 10.6 Å². The zero-order valence-corrected chi connectivity index (χ0v) is 16.9. The Kier molecular flexibility index (Phi) is 6.16. The van der Waals surface area contributed by atoms with Crippen LogP contribution >= 0.6 is 39.1 Å². The van der Waals surface area contributed by atoms with Gasteiger partial charge in [-0.05, 0) is 48.5 Å². The number of benzene rings is 3. The molecule has 0 atom stereocenters. The van der Waals surface area contributed by atoms with Gasteiger partial charge in [-0.1, -0.05) is 57.3 Å². The monoisotopic (exact) mass is 462 g/mol. The third-order valence-corrected chi connectivity index (χ3v) is 4.83. The topological polar surface area (TPSA) is 58.2 Å². The molecule has 0 aliphatic heterocycles. The van der Waals surface area contributed by atoms with Crippen LogP contribution < -0.4 is 10.6 Å². The number of halogens is 3. The minimum Gasteiger partial charge on any atom is -0.322 e. The van der Waals surface area contributed by atoms with Gasteiger partial charge in [0.1, 0.15) is 0 Å². The van der Waals surface area contributed by atoms with E-state index in [1.807, 2.05) is 6.07 Å². The summed E-state index contributed by atoms with van der Waals surface area (Å²) in [4.78, 5) is 24.8. The van der Waals surface area contributed by atoms with Crippen LogP contribution in [0.4, 0.5) is 11.4 Å². The van der Waals surface area contributed by atoms with E-state index in [0.29, 0.717) is 32.5 Å². The van der Waals surface area contributed by atoms with Gasteiger partial charge < -0.3 is 10.6 Å². The van der Waals surface area contributed by atoms with Crippen molar-refractivity contribution < 1.29 is 9.59 Å². The molecule has 0 heterocycles. The van der Waals surface area contributed by atoms with E-state index in [1.165, 1.54) is 0 Å². The van der Waals surface area contributed by atoms with Crippen LogP contribution in [0.15, 0.2) is 71.2 Å². The molecule has 3 aromatic carbocycles. The number of anilines is 2. The zero-order chi connectivity index (χ0) is 19.4. The van der Waals surface area contributed by atoms with Gasteiger partial charge in [0, 0.05) is 15.7 Å². The molecule has 0 saturated carbocycles. The lowest BCUT2D eigenvalue weighted by molar-refractivity contribution is 0.101. The van der Waals surface area contributed by atoms with E-state index in [2.05, 4.69) is 26.6 Å². The number of amides is 2. The molecule has 0 spiro atoms. The normalized spacial score (nSPS) is 10.3. The molecule has 2 amide bonds. The molecule has 2 N–H and O–H groups in total. The number of nitrogens with one attached hydrogen (secondary N) is 2. The minimum atomic E-state index is -0.371. The highest BCUT2D eigenvalue weighted by Gasteiger charge is 2.13. The van der Waals surface area contributed by atoms with Crippen molar-refractivity contribution in [3.05, 3.63) is 92.4 Å². The Morgan fingerprint density at radius 2 is 1.48 bits per heavy atom. The van der Waals surface area contributed by atoms with E-state index in [0.717, 1.165) is 4.47 Å². The average Bonchev–Trinajstić information content (AvgIpc) is 2.67. The lowest BCUT2D eigenvalue weighted by Crippen LogP contribution is -2.14. The van der Waals surface area contributed by atoms with Gasteiger partial charge in [-0.25, -0.2) is 0 Å². The number of carbonyl (C=O) groups is 2. The largest absolute Gasteiger partial charge is 0.322 e. The molecule has 3 aromatic rings. The van der Waals surface area contributed by atoms with Gasteiger partial charge in [0.2, 0.25) is 0 Å². The maximum absolute atomic E-state index is 12.5. The summed E-state index contributed by atoms with van der Waals surface area (Å²) < 4.78 is 0.740. The highest BCUT2D eigenvalue weighted by Crippen LogP contribution is 2.27. The van der Waals surface area contributed by atoms with E-state index in [9.17, 15) is 9.59 Å². The van der Waals surface area contributed by atoms with Crippen molar-refractivity contribution in [3.8, 4) is 0 Å². The molecular weight excluding hydrogens is 451 g/mol. The average molecular weight is 464 g/mol. The third kappa shape index (κ3) is 4.89. The summed E-state index contributed by atoms with van der Waals surface area (Å²) in [5.74, 6) is -0.667. The van der Waals surface area contributed by atoms with Crippen LogP contribution in [0.2, 0.25) is 10.0 Å². The molecule has 27 heavy (non-hydrogen) atoms. The van der Waals surface area contributed by atoms with Gasteiger partial charge >= 0.3 is 0 Å². The fourth-order valence-corrected chi connectivity index (χ4v) is 3.08. The molecule has 0 radical (unpaired) electrons. The predicted octanol–water partition coefficient (Wildman–Crippen LogP) is 6.26. The molecule has 0 aromatic heterocycles. The third-order valence-electron chi connectivity index (χ3n) is 3.68. The molecule has 4 nitrogen and oxygen atoms in total. The highest BCUT2D eigenvalue weighted by atomic mass is 79.9. The van der Waals surface area contributed by atoms with Gasteiger partial charge in [0.05, 0.1) is 21.3 Å². The lowest BCUT2D eigenvalue weighted by atomic mass is 10.2. The standard InChI is InChI=1S/C20H13BrCl2N2O2/c21-13-6-8-16(22)15(10-13)20(27)24-14-7-9-17(23)18(11-14)25-19(26)12-4-2-1-3-5-12/h1-11H,(H,24,27)(H,25,26). The second-order valence-corrected chi connectivity index (χ2v) is 7.32. The molecule has 0 aliphatic carbocycles. The van der Waals surface area contributed by atoms with Gasteiger partial charge in [-0.3, -0.25) is 9.59 Å². The summed E-state index contributed by atoms with van der Waals surface area (Å²) in [5.41, 5.74) is 1.70. The van der Waals surface area contributed by atoms with Crippen LogP contribution in [0.1, 0.15) is 20.7 Å². The van der Waals surface area contributed by atoms with E-state index >= 15 is 0 Å². The molecule has 0 bridgehead atoms. The first-order valence-corrected chi connectivity index (χ1v) is 9.41. The molecule has 0 aliphatic rings.